The van der Waals surface area contributed by atoms with Crippen molar-refractivity contribution in [1.82, 2.24) is 0 Å². The predicted octanol–water partition coefficient (Wildman–Crippen LogP) is 6.89. The van der Waals surface area contributed by atoms with Crippen LogP contribution >= 0.6 is 31.9 Å². The minimum Gasteiger partial charge on any atom is -0.0590 e. The van der Waals surface area contributed by atoms with E-state index in [1.165, 1.54) is 22.3 Å². The summed E-state index contributed by atoms with van der Waals surface area (Å²) in [6.45, 7) is 2.13. The van der Waals surface area contributed by atoms with Gasteiger partial charge in [0.25, 0.3) is 0 Å². The smallest absolute Gasteiger partial charge is 0.0175 e. The molecule has 0 amide bonds. The van der Waals surface area contributed by atoms with Crippen LogP contribution in [0.4, 0.5) is 0 Å². The van der Waals surface area contributed by atoms with Crippen LogP contribution in [0.1, 0.15) is 28.2 Å². The molecule has 3 aromatic carbocycles. The Morgan fingerprint density at radius 3 is 1.61 bits per heavy atom. The molecule has 0 nitrogen and oxygen atoms in total. The van der Waals surface area contributed by atoms with Gasteiger partial charge in [0.05, 0.1) is 0 Å². The van der Waals surface area contributed by atoms with Crippen LogP contribution in [0.5, 0.6) is 0 Å². The maximum absolute atomic E-state index is 3.53. The van der Waals surface area contributed by atoms with Crippen LogP contribution in [0.2, 0.25) is 0 Å². The number of halogens is 2. The summed E-state index contributed by atoms with van der Waals surface area (Å²) in [4.78, 5) is 0. The van der Waals surface area contributed by atoms with Gasteiger partial charge < -0.3 is 0 Å². The first-order valence-corrected chi connectivity index (χ1v) is 9.27. The standard InChI is InChI=1S/C21H18Br2/c1-15-2-6-17(7-3-15)21(18-8-12-20(23)13-9-18)14-16-4-10-19(22)11-5-16/h2-13,21H,14H2,1H3. The Morgan fingerprint density at radius 2 is 1.09 bits per heavy atom. The third-order valence-electron chi connectivity index (χ3n) is 4.11. The highest BCUT2D eigenvalue weighted by molar-refractivity contribution is 9.10. The third-order valence-corrected chi connectivity index (χ3v) is 5.16. The monoisotopic (exact) mass is 428 g/mol. The lowest BCUT2D eigenvalue weighted by Crippen LogP contribution is -2.05. The van der Waals surface area contributed by atoms with E-state index >= 15 is 0 Å². The zero-order chi connectivity index (χ0) is 16.2. The average Bonchev–Trinajstić information content (AvgIpc) is 2.56. The van der Waals surface area contributed by atoms with Crippen LogP contribution in [0.25, 0.3) is 0 Å². The van der Waals surface area contributed by atoms with E-state index in [2.05, 4.69) is 112 Å². The Balaban J connectivity index is 1.97. The van der Waals surface area contributed by atoms with Gasteiger partial charge in [0.15, 0.2) is 0 Å². The van der Waals surface area contributed by atoms with Crippen molar-refractivity contribution in [2.45, 2.75) is 19.3 Å². The zero-order valence-electron chi connectivity index (χ0n) is 13.0. The Hall–Kier alpha value is -1.38. The van der Waals surface area contributed by atoms with E-state index < -0.39 is 0 Å². The van der Waals surface area contributed by atoms with Crippen molar-refractivity contribution in [1.29, 1.82) is 0 Å². The highest BCUT2D eigenvalue weighted by Crippen LogP contribution is 2.30. The zero-order valence-corrected chi connectivity index (χ0v) is 16.1. The van der Waals surface area contributed by atoms with Gasteiger partial charge in [-0.3, -0.25) is 0 Å². The topological polar surface area (TPSA) is 0 Å². The molecule has 0 aliphatic rings. The summed E-state index contributed by atoms with van der Waals surface area (Å²) in [6.07, 6.45) is 0.998. The fraction of sp³-hybridized carbons (Fsp3) is 0.143. The molecule has 1 unspecified atom stereocenters. The molecule has 0 radical (unpaired) electrons. The minimum absolute atomic E-state index is 0.366. The van der Waals surface area contributed by atoms with Crippen molar-refractivity contribution in [3.05, 3.63) is 104 Å². The van der Waals surface area contributed by atoms with Crippen LogP contribution in [0, 0.1) is 6.92 Å². The summed E-state index contributed by atoms with van der Waals surface area (Å²) >= 11 is 7.04. The van der Waals surface area contributed by atoms with E-state index in [1.54, 1.807) is 0 Å². The van der Waals surface area contributed by atoms with Gasteiger partial charge in [-0.1, -0.05) is 86.0 Å². The summed E-state index contributed by atoms with van der Waals surface area (Å²) in [7, 11) is 0. The van der Waals surface area contributed by atoms with E-state index in [-0.39, 0.29) is 0 Å². The molecule has 0 fully saturated rings. The Kier molecular flexibility index (Phi) is 5.34. The van der Waals surface area contributed by atoms with Crippen molar-refractivity contribution >= 4 is 31.9 Å². The van der Waals surface area contributed by atoms with E-state index in [1.807, 2.05) is 0 Å². The minimum atomic E-state index is 0.366. The highest BCUT2D eigenvalue weighted by atomic mass is 79.9. The van der Waals surface area contributed by atoms with Gasteiger partial charge in [-0.25, -0.2) is 0 Å². The normalized spacial score (nSPS) is 12.1. The predicted molar refractivity (Wildman–Crippen MR) is 105 cm³/mol. The number of aryl methyl sites for hydroxylation is 1. The molecule has 0 aromatic heterocycles. The summed E-state index contributed by atoms with van der Waals surface area (Å²) in [6, 6.07) is 26.2. The van der Waals surface area contributed by atoms with Crippen molar-refractivity contribution in [3.8, 4) is 0 Å². The summed E-state index contributed by atoms with van der Waals surface area (Å²) in [5, 5.41) is 0. The van der Waals surface area contributed by atoms with E-state index in [0.29, 0.717) is 5.92 Å². The molecule has 116 valence electrons. The van der Waals surface area contributed by atoms with Gasteiger partial charge in [-0.05, 0) is 54.3 Å². The molecule has 0 saturated heterocycles. The lowest BCUT2D eigenvalue weighted by Gasteiger charge is -2.19. The van der Waals surface area contributed by atoms with E-state index in [9.17, 15) is 0 Å². The molecule has 3 rings (SSSR count). The molecular weight excluding hydrogens is 412 g/mol. The van der Waals surface area contributed by atoms with Gasteiger partial charge in [0.1, 0.15) is 0 Å². The number of rotatable bonds is 4. The van der Waals surface area contributed by atoms with Gasteiger partial charge in [0, 0.05) is 14.9 Å². The number of benzene rings is 3. The quantitative estimate of drug-likeness (QED) is 0.423. The second-order valence-electron chi connectivity index (χ2n) is 5.85. The fourth-order valence-corrected chi connectivity index (χ4v) is 3.31. The molecule has 3 aromatic rings. The van der Waals surface area contributed by atoms with Gasteiger partial charge >= 0.3 is 0 Å². The third kappa shape index (κ3) is 4.33. The summed E-state index contributed by atoms with van der Waals surface area (Å²) < 4.78 is 2.24. The molecule has 2 heteroatoms. The average molecular weight is 430 g/mol. The van der Waals surface area contributed by atoms with E-state index in [0.717, 1.165) is 15.4 Å². The fourth-order valence-electron chi connectivity index (χ4n) is 2.78. The van der Waals surface area contributed by atoms with Crippen LogP contribution in [-0.2, 0) is 6.42 Å². The number of hydrogen-bond acceptors (Lipinski definition) is 0. The Labute approximate surface area is 154 Å². The largest absolute Gasteiger partial charge is 0.0590 e. The molecule has 23 heavy (non-hydrogen) atoms. The number of hydrogen-bond donors (Lipinski definition) is 0. The summed E-state index contributed by atoms with van der Waals surface area (Å²) in [5.74, 6) is 0.366. The summed E-state index contributed by atoms with van der Waals surface area (Å²) in [5.41, 5.74) is 5.36. The first-order chi connectivity index (χ1) is 11.1. The highest BCUT2D eigenvalue weighted by Gasteiger charge is 2.15. The van der Waals surface area contributed by atoms with Gasteiger partial charge in [0.2, 0.25) is 0 Å². The molecule has 0 bridgehead atoms. The molecule has 0 spiro atoms. The first-order valence-electron chi connectivity index (χ1n) is 7.68. The van der Waals surface area contributed by atoms with Crippen LogP contribution in [0.15, 0.2) is 81.7 Å². The molecule has 0 saturated carbocycles. The van der Waals surface area contributed by atoms with Gasteiger partial charge in [-0.2, -0.15) is 0 Å². The van der Waals surface area contributed by atoms with Crippen LogP contribution in [-0.4, -0.2) is 0 Å². The molecule has 0 aliphatic heterocycles. The Bertz CT molecular complexity index is 711. The van der Waals surface area contributed by atoms with Crippen molar-refractivity contribution < 1.29 is 0 Å². The second-order valence-corrected chi connectivity index (χ2v) is 7.68. The molecule has 0 aliphatic carbocycles. The lowest BCUT2D eigenvalue weighted by molar-refractivity contribution is 0.804. The van der Waals surface area contributed by atoms with E-state index in [4.69, 9.17) is 0 Å². The SMILES string of the molecule is Cc1ccc(C(Cc2ccc(Br)cc2)c2ccc(Br)cc2)cc1. The lowest BCUT2D eigenvalue weighted by atomic mass is 9.86. The van der Waals surface area contributed by atoms with Crippen LogP contribution < -0.4 is 0 Å². The maximum atomic E-state index is 3.53. The first kappa shape index (κ1) is 16.5. The maximum Gasteiger partial charge on any atom is 0.0175 e. The van der Waals surface area contributed by atoms with Crippen molar-refractivity contribution in [3.63, 3.8) is 0 Å². The molecule has 1 atom stereocenters. The van der Waals surface area contributed by atoms with Crippen molar-refractivity contribution in [2.75, 3.05) is 0 Å². The molecule has 0 N–H and O–H groups in total. The Morgan fingerprint density at radius 1 is 0.652 bits per heavy atom. The molecule has 0 heterocycles. The molecular formula is C21H18Br2. The van der Waals surface area contributed by atoms with Gasteiger partial charge in [-0.15, -0.1) is 0 Å². The van der Waals surface area contributed by atoms with Crippen molar-refractivity contribution in [2.24, 2.45) is 0 Å². The second kappa shape index (κ2) is 7.46. The van der Waals surface area contributed by atoms with Crippen LogP contribution in [0.3, 0.4) is 0 Å².